The average Bonchev–Trinajstić information content (AvgIpc) is 2.95. The molecule has 27 heavy (non-hydrogen) atoms. The molecule has 3 aliphatic rings. The van der Waals surface area contributed by atoms with E-state index in [9.17, 15) is 0 Å². The van der Waals surface area contributed by atoms with E-state index in [4.69, 9.17) is 0 Å². The first-order chi connectivity index (χ1) is 13.3. The minimum absolute atomic E-state index is 0.739. The van der Waals surface area contributed by atoms with Gasteiger partial charge in [-0.25, -0.2) is 0 Å². The van der Waals surface area contributed by atoms with Crippen LogP contribution >= 0.6 is 0 Å². The van der Waals surface area contributed by atoms with Gasteiger partial charge in [0, 0.05) is 0 Å². The summed E-state index contributed by atoms with van der Waals surface area (Å²) in [6.07, 6.45) is 12.5. The van der Waals surface area contributed by atoms with E-state index in [1.54, 1.807) is 22.3 Å². The van der Waals surface area contributed by atoms with E-state index in [1.807, 2.05) is 0 Å². The van der Waals surface area contributed by atoms with E-state index in [0.717, 1.165) is 24.7 Å². The second kappa shape index (κ2) is 7.00. The second-order valence-corrected chi connectivity index (χ2v) is 8.71. The summed E-state index contributed by atoms with van der Waals surface area (Å²) >= 11 is 0. The molecule has 0 spiro atoms. The largest absolute Gasteiger partial charge is 0.0784 e. The Labute approximate surface area is 163 Å². The Hall–Kier alpha value is -2.34. The van der Waals surface area contributed by atoms with Crippen molar-refractivity contribution in [3.8, 4) is 0 Å². The van der Waals surface area contributed by atoms with Gasteiger partial charge < -0.3 is 0 Å². The predicted molar refractivity (Wildman–Crippen MR) is 115 cm³/mol. The van der Waals surface area contributed by atoms with Crippen molar-refractivity contribution in [3.63, 3.8) is 0 Å². The minimum atomic E-state index is 0.739. The van der Waals surface area contributed by atoms with Crippen molar-refractivity contribution in [2.24, 2.45) is 11.8 Å². The van der Waals surface area contributed by atoms with Gasteiger partial charge in [-0.3, -0.25) is 0 Å². The topological polar surface area (TPSA) is 0 Å². The molecule has 136 valence electrons. The van der Waals surface area contributed by atoms with Gasteiger partial charge in [0.05, 0.1) is 0 Å². The average molecular weight is 353 g/mol. The summed E-state index contributed by atoms with van der Waals surface area (Å²) < 4.78 is 0. The first-order valence-corrected chi connectivity index (χ1v) is 10.5. The maximum Gasteiger partial charge on any atom is -0.00483 e. The normalized spacial score (nSPS) is 24.2. The first kappa shape index (κ1) is 16.8. The summed E-state index contributed by atoms with van der Waals surface area (Å²) in [6, 6.07) is 20.1. The van der Waals surface area contributed by atoms with Crippen LogP contribution < -0.4 is 0 Å². The zero-order chi connectivity index (χ0) is 18.2. The van der Waals surface area contributed by atoms with Crippen molar-refractivity contribution >= 4 is 5.57 Å². The summed E-state index contributed by atoms with van der Waals surface area (Å²) in [5.74, 6) is 1.62. The van der Waals surface area contributed by atoms with Gasteiger partial charge in [-0.05, 0) is 78.2 Å². The van der Waals surface area contributed by atoms with Crippen LogP contribution in [0, 0.1) is 11.8 Å². The summed E-state index contributed by atoms with van der Waals surface area (Å²) in [6.45, 7) is 2.38. The Kier molecular flexibility index (Phi) is 4.36. The molecule has 2 atom stereocenters. The Balaban J connectivity index is 1.59. The molecule has 5 rings (SSSR count). The molecule has 0 fully saturated rings. The molecule has 0 saturated heterocycles. The van der Waals surface area contributed by atoms with Crippen LogP contribution in [0.1, 0.15) is 49.3 Å². The lowest BCUT2D eigenvalue weighted by atomic mass is 9.82. The lowest BCUT2D eigenvalue weighted by Gasteiger charge is -2.23. The molecule has 0 N–H and O–H groups in total. The summed E-state index contributed by atoms with van der Waals surface area (Å²) in [5.41, 5.74) is 10.8. The molecule has 3 aliphatic carbocycles. The van der Waals surface area contributed by atoms with Crippen molar-refractivity contribution in [2.75, 3.05) is 0 Å². The van der Waals surface area contributed by atoms with Crippen molar-refractivity contribution in [2.45, 2.75) is 45.4 Å². The summed E-state index contributed by atoms with van der Waals surface area (Å²) in [4.78, 5) is 0. The molecule has 0 saturated carbocycles. The third-order valence-electron chi connectivity index (χ3n) is 6.54. The summed E-state index contributed by atoms with van der Waals surface area (Å²) in [7, 11) is 0. The molecule has 0 heterocycles. The van der Waals surface area contributed by atoms with Crippen LogP contribution in [-0.2, 0) is 12.8 Å². The highest BCUT2D eigenvalue weighted by atomic mass is 14.3. The smallest absolute Gasteiger partial charge is 0.00483 e. The molecule has 2 aromatic carbocycles. The number of allylic oxidation sites excluding steroid dienone is 6. The van der Waals surface area contributed by atoms with E-state index >= 15 is 0 Å². The van der Waals surface area contributed by atoms with Gasteiger partial charge >= 0.3 is 0 Å². The maximum absolute atomic E-state index is 2.55. The number of hydrogen-bond acceptors (Lipinski definition) is 0. The molecule has 2 aromatic rings. The minimum Gasteiger partial charge on any atom is -0.0784 e. The van der Waals surface area contributed by atoms with Gasteiger partial charge in [-0.1, -0.05) is 84.8 Å². The highest BCUT2D eigenvalue weighted by Crippen LogP contribution is 2.44. The lowest BCUT2D eigenvalue weighted by molar-refractivity contribution is 0.390. The highest BCUT2D eigenvalue weighted by molar-refractivity contribution is 5.87. The van der Waals surface area contributed by atoms with Gasteiger partial charge in [0.25, 0.3) is 0 Å². The molecule has 0 aromatic heterocycles. The number of hydrogen-bond donors (Lipinski definition) is 0. The zero-order valence-corrected chi connectivity index (χ0v) is 16.2. The van der Waals surface area contributed by atoms with E-state index in [-0.39, 0.29) is 0 Å². The molecule has 2 bridgehead atoms. The Morgan fingerprint density at radius 2 is 1.78 bits per heavy atom. The third-order valence-corrected chi connectivity index (χ3v) is 6.54. The molecule has 0 radical (unpaired) electrons. The fourth-order valence-electron chi connectivity index (χ4n) is 5.44. The van der Waals surface area contributed by atoms with Crippen molar-refractivity contribution < 1.29 is 0 Å². The van der Waals surface area contributed by atoms with Crippen LogP contribution in [0.2, 0.25) is 0 Å². The lowest BCUT2D eigenvalue weighted by Crippen LogP contribution is -2.10. The van der Waals surface area contributed by atoms with Gasteiger partial charge in [-0.15, -0.1) is 0 Å². The van der Waals surface area contributed by atoms with Crippen molar-refractivity contribution in [1.29, 1.82) is 0 Å². The van der Waals surface area contributed by atoms with E-state index in [1.165, 1.54) is 42.4 Å². The number of rotatable bonds is 3. The highest BCUT2D eigenvalue weighted by Gasteiger charge is 2.28. The molecule has 2 unspecified atom stereocenters. The fraction of sp³-hybridized carbons (Fsp3) is 0.333. The van der Waals surface area contributed by atoms with Crippen LogP contribution in [0.3, 0.4) is 0 Å². The quantitative estimate of drug-likeness (QED) is 0.562. The van der Waals surface area contributed by atoms with Gasteiger partial charge in [0.1, 0.15) is 0 Å². The second-order valence-electron chi connectivity index (χ2n) is 8.71. The third kappa shape index (κ3) is 3.34. The van der Waals surface area contributed by atoms with Gasteiger partial charge in [0.2, 0.25) is 0 Å². The van der Waals surface area contributed by atoms with Crippen LogP contribution in [0.25, 0.3) is 5.57 Å². The predicted octanol–water partition coefficient (Wildman–Crippen LogP) is 6.93. The first-order valence-electron chi connectivity index (χ1n) is 10.5. The zero-order valence-electron chi connectivity index (χ0n) is 16.2. The SMILES string of the molecule is CC1C=C2C=C(C3=C(Cc4ccccc4)Cc4ccccc43)CCC(C2)C1. The summed E-state index contributed by atoms with van der Waals surface area (Å²) in [5, 5.41) is 0. The van der Waals surface area contributed by atoms with Gasteiger partial charge in [0.15, 0.2) is 0 Å². The van der Waals surface area contributed by atoms with E-state index in [2.05, 4.69) is 73.7 Å². The molecule has 0 aliphatic heterocycles. The molecule has 0 nitrogen and oxygen atoms in total. The van der Waals surface area contributed by atoms with E-state index in [0.29, 0.717) is 0 Å². The van der Waals surface area contributed by atoms with Crippen LogP contribution in [0.4, 0.5) is 0 Å². The molecular weight excluding hydrogens is 324 g/mol. The monoisotopic (exact) mass is 352 g/mol. The number of fused-ring (bicyclic) bond motifs is 3. The van der Waals surface area contributed by atoms with Crippen LogP contribution in [0.15, 0.2) is 83.5 Å². The van der Waals surface area contributed by atoms with Gasteiger partial charge in [-0.2, -0.15) is 0 Å². The molecule has 0 amide bonds. The Morgan fingerprint density at radius 3 is 2.67 bits per heavy atom. The Bertz CT molecular complexity index is 939. The van der Waals surface area contributed by atoms with Crippen LogP contribution in [0.5, 0.6) is 0 Å². The maximum atomic E-state index is 2.55. The van der Waals surface area contributed by atoms with E-state index < -0.39 is 0 Å². The standard InChI is InChI=1S/C27H28/c1-19-13-21-11-12-24(17-22(14-19)15-21)27-25(16-20-7-3-2-4-8-20)18-23-9-5-6-10-26(23)27/h2-10,14,17,19,21H,11-13,15-16,18H2,1H3. The fourth-order valence-corrected chi connectivity index (χ4v) is 5.44. The van der Waals surface area contributed by atoms with Crippen molar-refractivity contribution in [1.82, 2.24) is 0 Å². The van der Waals surface area contributed by atoms with Crippen molar-refractivity contribution in [3.05, 3.63) is 100 Å². The Morgan fingerprint density at radius 1 is 0.963 bits per heavy atom. The molecule has 0 heteroatoms. The molecular formula is C27H28. The number of benzene rings is 2. The van der Waals surface area contributed by atoms with Crippen LogP contribution in [-0.4, -0.2) is 0 Å².